The van der Waals surface area contributed by atoms with E-state index in [1.54, 1.807) is 7.05 Å². The van der Waals surface area contributed by atoms with Gasteiger partial charge < -0.3 is 10.6 Å². The molecule has 0 bridgehead atoms. The number of nitrogens with one attached hydrogen (secondary N) is 2. The Hall–Kier alpha value is -1.72. The van der Waals surface area contributed by atoms with Gasteiger partial charge in [-0.15, -0.1) is 0 Å². The van der Waals surface area contributed by atoms with Gasteiger partial charge in [-0.05, 0) is 12.1 Å². The van der Waals surface area contributed by atoms with Gasteiger partial charge in [-0.25, -0.2) is 4.98 Å². The van der Waals surface area contributed by atoms with Crippen LogP contribution in [-0.4, -0.2) is 19.1 Å². The smallest absolute Gasteiger partial charge is 0.387 e. The highest BCUT2D eigenvalue weighted by atomic mass is 19.4. The van der Waals surface area contributed by atoms with Crippen molar-refractivity contribution in [2.45, 2.75) is 6.18 Å². The Morgan fingerprint density at radius 3 is 2.38 bits per heavy atom. The molecule has 0 aliphatic heterocycles. The summed E-state index contributed by atoms with van der Waals surface area (Å²) in [5.74, 6) is 0.154. The highest BCUT2D eigenvalue weighted by Crippen LogP contribution is 2.31. The zero-order valence-electron chi connectivity index (χ0n) is 8.94. The molecule has 0 saturated heterocycles. The zero-order valence-corrected chi connectivity index (χ0v) is 8.94. The maximum Gasteiger partial charge on any atom is 0.416 e. The second-order valence-corrected chi connectivity index (χ2v) is 3.10. The fraction of sp³-hybridized carbons (Fsp3) is 0.300. The Labute approximate surface area is 91.4 Å². The minimum Gasteiger partial charge on any atom is -0.387 e. The van der Waals surface area contributed by atoms with Crippen molar-refractivity contribution >= 4 is 11.5 Å². The van der Waals surface area contributed by atoms with Crippen LogP contribution in [0.1, 0.15) is 11.3 Å². The lowest BCUT2D eigenvalue weighted by atomic mass is 10.2. The number of halogens is 3. The van der Waals surface area contributed by atoms with Crippen molar-refractivity contribution < 1.29 is 13.2 Å². The molecule has 3 nitrogen and oxygen atoms in total. The van der Waals surface area contributed by atoms with Crippen molar-refractivity contribution in [1.29, 1.82) is 0 Å². The predicted molar refractivity (Wildman–Crippen MR) is 56.9 cm³/mol. The van der Waals surface area contributed by atoms with Crippen LogP contribution >= 0.6 is 0 Å². The minimum absolute atomic E-state index is 0.154. The van der Waals surface area contributed by atoms with Crippen LogP contribution in [0.15, 0.2) is 18.7 Å². The molecule has 0 unspecified atom stereocenters. The molecule has 0 spiro atoms. The second-order valence-electron chi connectivity index (χ2n) is 3.10. The van der Waals surface area contributed by atoms with E-state index >= 15 is 0 Å². The molecule has 88 valence electrons. The summed E-state index contributed by atoms with van der Waals surface area (Å²) in [7, 11) is 3.08. The Morgan fingerprint density at radius 2 is 1.94 bits per heavy atom. The minimum atomic E-state index is -4.39. The molecular formula is C10H12F3N3. The molecule has 0 radical (unpaired) electrons. The zero-order chi connectivity index (χ0) is 12.3. The highest BCUT2D eigenvalue weighted by molar-refractivity contribution is 5.61. The summed E-state index contributed by atoms with van der Waals surface area (Å²) in [4.78, 5) is 3.96. The topological polar surface area (TPSA) is 37.0 Å². The molecule has 2 N–H and O–H groups in total. The standard InChI is InChI=1S/C10H12F3N3/c1-6(14-2)8-4-7(10(11,12)13)5-9(15-3)16-8/h4-5,14H,1H2,2-3H3,(H,15,16). The molecule has 0 aliphatic carbocycles. The Kier molecular flexibility index (Phi) is 3.41. The molecule has 6 heteroatoms. The van der Waals surface area contributed by atoms with Gasteiger partial charge in [-0.1, -0.05) is 6.58 Å². The monoisotopic (exact) mass is 231 g/mol. The number of hydrogen-bond acceptors (Lipinski definition) is 3. The van der Waals surface area contributed by atoms with Crippen molar-refractivity contribution in [3.8, 4) is 0 Å². The maximum absolute atomic E-state index is 12.5. The van der Waals surface area contributed by atoms with Crippen molar-refractivity contribution in [2.75, 3.05) is 19.4 Å². The third-order valence-electron chi connectivity index (χ3n) is 2.02. The van der Waals surface area contributed by atoms with Crippen LogP contribution in [0.2, 0.25) is 0 Å². The van der Waals surface area contributed by atoms with Crippen LogP contribution in [0.25, 0.3) is 5.70 Å². The average molecular weight is 231 g/mol. The fourth-order valence-electron chi connectivity index (χ4n) is 1.10. The van der Waals surface area contributed by atoms with E-state index in [2.05, 4.69) is 22.2 Å². The first-order valence-electron chi connectivity index (χ1n) is 4.52. The lowest BCUT2D eigenvalue weighted by Crippen LogP contribution is -2.11. The molecule has 0 amide bonds. The molecular weight excluding hydrogens is 219 g/mol. The molecule has 1 aromatic rings. The summed E-state index contributed by atoms with van der Waals surface area (Å²) < 4.78 is 37.6. The second kappa shape index (κ2) is 4.42. The van der Waals surface area contributed by atoms with Gasteiger partial charge in [0.05, 0.1) is 17.0 Å². The van der Waals surface area contributed by atoms with Gasteiger partial charge in [0.2, 0.25) is 0 Å². The van der Waals surface area contributed by atoms with E-state index in [0.29, 0.717) is 5.70 Å². The molecule has 0 fully saturated rings. The third kappa shape index (κ3) is 2.65. The summed E-state index contributed by atoms with van der Waals surface area (Å²) in [6.45, 7) is 3.57. The summed E-state index contributed by atoms with van der Waals surface area (Å²) >= 11 is 0. The fourth-order valence-corrected chi connectivity index (χ4v) is 1.10. The largest absolute Gasteiger partial charge is 0.416 e. The molecule has 16 heavy (non-hydrogen) atoms. The molecule has 0 aromatic carbocycles. The molecule has 0 saturated carbocycles. The average Bonchev–Trinajstić information content (AvgIpc) is 2.26. The number of hydrogen-bond donors (Lipinski definition) is 2. The van der Waals surface area contributed by atoms with Gasteiger partial charge in [0.25, 0.3) is 0 Å². The van der Waals surface area contributed by atoms with E-state index < -0.39 is 11.7 Å². The van der Waals surface area contributed by atoms with Gasteiger partial charge in [0, 0.05) is 14.1 Å². The Bertz CT molecular complexity index is 399. The maximum atomic E-state index is 12.5. The van der Waals surface area contributed by atoms with Gasteiger partial charge >= 0.3 is 6.18 Å². The predicted octanol–water partition coefficient (Wildman–Crippen LogP) is 2.33. The van der Waals surface area contributed by atoms with Gasteiger partial charge in [0.15, 0.2) is 0 Å². The number of pyridine rings is 1. The quantitative estimate of drug-likeness (QED) is 0.838. The van der Waals surface area contributed by atoms with Gasteiger partial charge in [-0.2, -0.15) is 13.2 Å². The van der Waals surface area contributed by atoms with Crippen molar-refractivity contribution in [1.82, 2.24) is 10.3 Å². The SMILES string of the molecule is C=C(NC)c1cc(C(F)(F)F)cc(NC)n1. The lowest BCUT2D eigenvalue weighted by Gasteiger charge is -2.12. The van der Waals surface area contributed by atoms with Gasteiger partial charge in [-0.3, -0.25) is 0 Å². The van der Waals surface area contributed by atoms with Crippen LogP contribution in [0, 0.1) is 0 Å². The molecule has 0 atom stereocenters. The normalized spacial score (nSPS) is 11.1. The van der Waals surface area contributed by atoms with E-state index in [9.17, 15) is 13.2 Å². The molecule has 1 aromatic heterocycles. The van der Waals surface area contributed by atoms with Crippen molar-refractivity contribution in [3.63, 3.8) is 0 Å². The third-order valence-corrected chi connectivity index (χ3v) is 2.02. The van der Waals surface area contributed by atoms with E-state index in [0.717, 1.165) is 12.1 Å². The first-order chi connectivity index (χ1) is 7.38. The van der Waals surface area contributed by atoms with E-state index in [-0.39, 0.29) is 11.5 Å². The first-order valence-corrected chi connectivity index (χ1v) is 4.52. The van der Waals surface area contributed by atoms with Gasteiger partial charge in [0.1, 0.15) is 5.82 Å². The van der Waals surface area contributed by atoms with E-state index in [4.69, 9.17) is 0 Å². The number of aromatic nitrogens is 1. The van der Waals surface area contributed by atoms with Crippen molar-refractivity contribution in [2.24, 2.45) is 0 Å². The van der Waals surface area contributed by atoms with Crippen LogP contribution in [-0.2, 0) is 6.18 Å². The van der Waals surface area contributed by atoms with E-state index in [1.165, 1.54) is 7.05 Å². The van der Waals surface area contributed by atoms with Crippen LogP contribution in [0.5, 0.6) is 0 Å². The Balaban J connectivity index is 3.27. The molecule has 1 heterocycles. The van der Waals surface area contributed by atoms with Crippen LogP contribution in [0.4, 0.5) is 19.0 Å². The molecule has 1 rings (SSSR count). The summed E-state index contributed by atoms with van der Waals surface area (Å²) in [6, 6.07) is 1.91. The summed E-state index contributed by atoms with van der Waals surface area (Å²) in [5, 5.41) is 5.24. The highest BCUT2D eigenvalue weighted by Gasteiger charge is 2.31. The van der Waals surface area contributed by atoms with Crippen LogP contribution < -0.4 is 10.6 Å². The first kappa shape index (κ1) is 12.4. The summed E-state index contributed by atoms with van der Waals surface area (Å²) in [5.41, 5.74) is -0.248. The number of rotatable bonds is 3. The number of alkyl halides is 3. The number of nitrogens with zero attached hydrogens (tertiary/aromatic N) is 1. The Morgan fingerprint density at radius 1 is 1.31 bits per heavy atom. The van der Waals surface area contributed by atoms with E-state index in [1.807, 2.05) is 0 Å². The lowest BCUT2D eigenvalue weighted by molar-refractivity contribution is -0.137. The van der Waals surface area contributed by atoms with Crippen molar-refractivity contribution in [3.05, 3.63) is 30.0 Å². The molecule has 0 aliphatic rings. The van der Waals surface area contributed by atoms with Crippen LogP contribution in [0.3, 0.4) is 0 Å². The number of anilines is 1. The summed E-state index contributed by atoms with van der Waals surface area (Å²) in [6.07, 6.45) is -4.39.